The lowest BCUT2D eigenvalue weighted by molar-refractivity contribution is -0.300. The van der Waals surface area contributed by atoms with Gasteiger partial charge in [0.05, 0.1) is 6.61 Å². The van der Waals surface area contributed by atoms with Crippen LogP contribution in [0.25, 0.3) is 0 Å². The Labute approximate surface area is 81.8 Å². The number of aryl methyl sites for hydroxylation is 1. The molecular weight excluding hydrogens is 192 g/mol. The molecule has 1 aromatic rings. The first-order valence-corrected chi connectivity index (χ1v) is 4.34. The third-order valence-electron chi connectivity index (χ3n) is 1.47. The average molecular weight is 203 g/mol. The van der Waals surface area contributed by atoms with E-state index in [4.69, 9.17) is 21.4 Å². The molecule has 0 aliphatic heterocycles. The van der Waals surface area contributed by atoms with Crippen molar-refractivity contribution < 1.29 is 9.78 Å². The zero-order valence-corrected chi connectivity index (χ0v) is 8.34. The van der Waals surface area contributed by atoms with Gasteiger partial charge in [-0.2, -0.15) is 0 Å². The second kappa shape index (κ2) is 5.11. The van der Waals surface area contributed by atoms with Crippen molar-refractivity contribution in [3.8, 4) is 0 Å². The number of halogens is 1. The fourth-order valence-corrected chi connectivity index (χ4v) is 0.969. The summed E-state index contributed by atoms with van der Waals surface area (Å²) in [6.07, 6.45) is 1.63. The summed E-state index contributed by atoms with van der Waals surface area (Å²) in [4.78, 5) is 17.4. The van der Waals surface area contributed by atoms with E-state index in [1.54, 1.807) is 6.20 Å². The topological polar surface area (TPSA) is 44.2 Å². The lowest BCUT2D eigenvalue weighted by Gasteiger charge is -2.04. The quantitative estimate of drug-likeness (QED) is 0.324. The Balaban J connectivity index is 2.56. The van der Waals surface area contributed by atoms with Crippen molar-refractivity contribution >= 4 is 11.6 Å². The third-order valence-corrected chi connectivity index (χ3v) is 1.65. The van der Waals surface area contributed by atoms with Gasteiger partial charge in [-0.1, -0.05) is 0 Å². The van der Waals surface area contributed by atoms with Crippen LogP contribution in [-0.2, 0) is 16.4 Å². The van der Waals surface area contributed by atoms with Crippen molar-refractivity contribution in [1.29, 1.82) is 0 Å². The summed E-state index contributed by atoms with van der Waals surface area (Å²) in [5.41, 5.74) is 1.68. The minimum atomic E-state index is 0.248. The zero-order chi connectivity index (χ0) is 9.68. The van der Waals surface area contributed by atoms with Crippen LogP contribution >= 0.6 is 11.6 Å². The van der Waals surface area contributed by atoms with Crippen LogP contribution in [0.15, 0.2) is 6.20 Å². The van der Waals surface area contributed by atoms with E-state index in [0.29, 0.717) is 13.2 Å². The Morgan fingerprint density at radius 3 is 2.85 bits per heavy atom. The van der Waals surface area contributed by atoms with Gasteiger partial charge >= 0.3 is 0 Å². The third kappa shape index (κ3) is 3.26. The van der Waals surface area contributed by atoms with Crippen LogP contribution < -0.4 is 0 Å². The Kier molecular flexibility index (Phi) is 4.08. The highest BCUT2D eigenvalue weighted by Gasteiger charge is 2.01. The molecule has 1 rings (SSSR count). The van der Waals surface area contributed by atoms with Crippen LogP contribution in [0.2, 0.25) is 5.28 Å². The van der Waals surface area contributed by atoms with Crippen LogP contribution in [0.3, 0.4) is 0 Å². The highest BCUT2D eigenvalue weighted by atomic mass is 35.5. The molecule has 0 spiro atoms. The zero-order valence-electron chi connectivity index (χ0n) is 7.58. The molecule has 0 fully saturated rings. The van der Waals surface area contributed by atoms with Gasteiger partial charge in [0, 0.05) is 17.5 Å². The number of nitrogens with zero attached hydrogens (tertiary/aromatic N) is 2. The largest absolute Gasteiger partial charge is 0.237 e. The van der Waals surface area contributed by atoms with Crippen molar-refractivity contribution in [2.24, 2.45) is 0 Å². The lowest BCUT2D eigenvalue weighted by Crippen LogP contribution is -1.99. The summed E-state index contributed by atoms with van der Waals surface area (Å²) < 4.78 is 0. The molecule has 5 heteroatoms. The molecule has 0 aromatic carbocycles. The van der Waals surface area contributed by atoms with E-state index in [1.165, 1.54) is 0 Å². The average Bonchev–Trinajstić information content (AvgIpc) is 2.09. The van der Waals surface area contributed by atoms with E-state index in [1.807, 2.05) is 13.8 Å². The van der Waals surface area contributed by atoms with Crippen molar-refractivity contribution in [2.75, 3.05) is 6.61 Å². The van der Waals surface area contributed by atoms with Gasteiger partial charge in [0.2, 0.25) is 5.28 Å². The number of hydrogen-bond donors (Lipinski definition) is 0. The number of aromatic nitrogens is 2. The van der Waals surface area contributed by atoms with Gasteiger partial charge in [-0.05, 0) is 25.4 Å². The summed E-state index contributed by atoms with van der Waals surface area (Å²) in [6, 6.07) is 0. The molecule has 1 heterocycles. The van der Waals surface area contributed by atoms with Crippen LogP contribution in [-0.4, -0.2) is 16.6 Å². The predicted molar refractivity (Wildman–Crippen MR) is 48.2 cm³/mol. The van der Waals surface area contributed by atoms with Crippen LogP contribution in [0.5, 0.6) is 0 Å². The Hall–Kier alpha value is -0.710. The van der Waals surface area contributed by atoms with Crippen LogP contribution in [0, 0.1) is 6.92 Å². The summed E-state index contributed by atoms with van der Waals surface area (Å²) in [6.45, 7) is 4.56. The molecule has 0 saturated carbocycles. The molecule has 0 aliphatic carbocycles. The first-order chi connectivity index (χ1) is 6.24. The summed E-state index contributed by atoms with van der Waals surface area (Å²) in [7, 11) is 0. The molecule has 0 atom stereocenters. The van der Waals surface area contributed by atoms with E-state index in [-0.39, 0.29) is 5.28 Å². The van der Waals surface area contributed by atoms with E-state index in [0.717, 1.165) is 11.3 Å². The molecule has 13 heavy (non-hydrogen) atoms. The van der Waals surface area contributed by atoms with Crippen molar-refractivity contribution in [3.05, 3.63) is 22.7 Å². The molecule has 0 saturated heterocycles. The van der Waals surface area contributed by atoms with E-state index < -0.39 is 0 Å². The van der Waals surface area contributed by atoms with E-state index >= 15 is 0 Å². The molecule has 1 aromatic heterocycles. The van der Waals surface area contributed by atoms with Crippen LogP contribution in [0.1, 0.15) is 18.2 Å². The smallest absolute Gasteiger partial charge is 0.222 e. The van der Waals surface area contributed by atoms with Gasteiger partial charge in [-0.15, -0.1) is 0 Å². The van der Waals surface area contributed by atoms with Crippen LogP contribution in [0.4, 0.5) is 0 Å². The Morgan fingerprint density at radius 1 is 1.46 bits per heavy atom. The highest BCUT2D eigenvalue weighted by Crippen LogP contribution is 2.08. The molecule has 0 unspecified atom stereocenters. The van der Waals surface area contributed by atoms with Gasteiger partial charge in [0.25, 0.3) is 0 Å². The normalized spacial score (nSPS) is 10.4. The predicted octanol–water partition coefficient (Wildman–Crippen LogP) is 1.91. The minimum absolute atomic E-state index is 0.248. The summed E-state index contributed by atoms with van der Waals surface area (Å²) >= 11 is 5.58. The lowest BCUT2D eigenvalue weighted by atomic mass is 10.3. The van der Waals surface area contributed by atoms with E-state index in [9.17, 15) is 0 Å². The Morgan fingerprint density at radius 2 is 2.23 bits per heavy atom. The second-order valence-corrected chi connectivity index (χ2v) is 2.76. The van der Waals surface area contributed by atoms with Crippen molar-refractivity contribution in [1.82, 2.24) is 9.97 Å². The second-order valence-electron chi connectivity index (χ2n) is 2.42. The molecule has 4 nitrogen and oxygen atoms in total. The van der Waals surface area contributed by atoms with E-state index in [2.05, 4.69) is 9.97 Å². The summed E-state index contributed by atoms with van der Waals surface area (Å²) in [5.74, 6) is 0. The van der Waals surface area contributed by atoms with Gasteiger partial charge in [-0.3, -0.25) is 0 Å². The van der Waals surface area contributed by atoms with Crippen molar-refractivity contribution in [3.63, 3.8) is 0 Å². The molecule has 0 bridgehead atoms. The molecule has 0 amide bonds. The molecule has 0 radical (unpaired) electrons. The maximum absolute atomic E-state index is 5.58. The fraction of sp³-hybridized carbons (Fsp3) is 0.500. The molecular formula is C8H11ClN2O2. The Bertz CT molecular complexity index is 281. The van der Waals surface area contributed by atoms with Gasteiger partial charge in [0.15, 0.2) is 0 Å². The molecule has 0 aliphatic rings. The monoisotopic (exact) mass is 202 g/mol. The SMILES string of the molecule is CCOOCc1cnc(Cl)nc1C. The summed E-state index contributed by atoms with van der Waals surface area (Å²) in [5, 5.41) is 0.248. The minimum Gasteiger partial charge on any atom is -0.237 e. The highest BCUT2D eigenvalue weighted by molar-refractivity contribution is 6.28. The van der Waals surface area contributed by atoms with Gasteiger partial charge in [0.1, 0.15) is 6.61 Å². The standard InChI is InChI=1S/C8H11ClN2O2/c1-3-12-13-5-7-4-10-8(9)11-6(7)2/h4H,3,5H2,1-2H3. The number of rotatable bonds is 4. The molecule has 72 valence electrons. The molecule has 0 N–H and O–H groups in total. The first-order valence-electron chi connectivity index (χ1n) is 3.96. The maximum atomic E-state index is 5.58. The number of hydrogen-bond acceptors (Lipinski definition) is 4. The van der Waals surface area contributed by atoms with Crippen molar-refractivity contribution in [2.45, 2.75) is 20.5 Å². The first kappa shape index (κ1) is 10.4. The van der Waals surface area contributed by atoms with Gasteiger partial charge < -0.3 is 0 Å². The maximum Gasteiger partial charge on any atom is 0.222 e. The van der Waals surface area contributed by atoms with Gasteiger partial charge in [-0.25, -0.2) is 19.7 Å². The fourth-order valence-electron chi connectivity index (χ4n) is 0.794.